The molecular formula is C25H32N4O6. The van der Waals surface area contributed by atoms with Crippen molar-refractivity contribution < 1.29 is 29.3 Å². The van der Waals surface area contributed by atoms with Crippen LogP contribution in [0.4, 0.5) is 21.9 Å². The van der Waals surface area contributed by atoms with Crippen molar-refractivity contribution in [3.8, 4) is 0 Å². The van der Waals surface area contributed by atoms with Crippen LogP contribution >= 0.6 is 0 Å². The molecule has 1 aliphatic heterocycles. The molecule has 2 atom stereocenters. The van der Waals surface area contributed by atoms with Crippen molar-refractivity contribution in [3.63, 3.8) is 0 Å². The van der Waals surface area contributed by atoms with E-state index >= 15 is 0 Å². The number of amides is 3. The summed E-state index contributed by atoms with van der Waals surface area (Å²) in [6.07, 6.45) is -0.747. The Morgan fingerprint density at radius 1 is 1.23 bits per heavy atom. The molecule has 0 radical (unpaired) electrons. The van der Waals surface area contributed by atoms with Gasteiger partial charge in [-0.3, -0.25) is 14.5 Å². The molecule has 10 heteroatoms. The van der Waals surface area contributed by atoms with Crippen LogP contribution in [-0.2, 0) is 14.3 Å². The van der Waals surface area contributed by atoms with Crippen molar-refractivity contribution >= 4 is 35.0 Å². The van der Waals surface area contributed by atoms with Crippen LogP contribution in [0.1, 0.15) is 37.8 Å². The Morgan fingerprint density at radius 3 is 2.60 bits per heavy atom. The zero-order valence-electron chi connectivity index (χ0n) is 19.7. The van der Waals surface area contributed by atoms with Gasteiger partial charge in [0.25, 0.3) is 5.91 Å². The number of nitrogens with two attached hydrogens (primary N) is 1. The average Bonchev–Trinajstić information content (AvgIpc) is 3.28. The molecule has 3 amide bonds. The first-order chi connectivity index (χ1) is 16.8. The van der Waals surface area contributed by atoms with Crippen molar-refractivity contribution in [3.05, 3.63) is 54.1 Å². The summed E-state index contributed by atoms with van der Waals surface area (Å²) in [5.41, 5.74) is 8.49. The Labute approximate surface area is 204 Å². The Kier molecular flexibility index (Phi) is 9.18. The quantitative estimate of drug-likeness (QED) is 0.382. The number of aliphatic hydroxyl groups is 2. The largest absolute Gasteiger partial charge is 0.447 e. The van der Waals surface area contributed by atoms with E-state index in [1.54, 1.807) is 36.4 Å². The molecule has 2 unspecified atom stereocenters. The van der Waals surface area contributed by atoms with Gasteiger partial charge in [-0.05, 0) is 42.3 Å². The van der Waals surface area contributed by atoms with Crippen LogP contribution in [0.15, 0.2) is 48.5 Å². The zero-order valence-corrected chi connectivity index (χ0v) is 19.7. The average molecular weight is 485 g/mol. The summed E-state index contributed by atoms with van der Waals surface area (Å²) in [6, 6.07) is 13.6. The highest BCUT2D eigenvalue weighted by molar-refractivity contribution is 6.01. The lowest BCUT2D eigenvalue weighted by Crippen LogP contribution is -2.39. The Morgan fingerprint density at radius 2 is 1.97 bits per heavy atom. The number of carbonyl (C=O) groups excluding carboxylic acids is 3. The molecular weight excluding hydrogens is 452 g/mol. The lowest BCUT2D eigenvalue weighted by molar-refractivity contribution is -0.129. The fourth-order valence-corrected chi connectivity index (χ4v) is 3.84. The number of aliphatic hydroxyl groups excluding tert-OH is 2. The minimum atomic E-state index is -1.59. The normalized spacial score (nSPS) is 14.9. The number of rotatable bonds is 11. The van der Waals surface area contributed by atoms with Crippen molar-refractivity contribution in [1.82, 2.24) is 0 Å². The van der Waals surface area contributed by atoms with Crippen molar-refractivity contribution in [1.29, 1.82) is 0 Å². The number of nitrogens with zero attached hydrogens (tertiary/aromatic N) is 2. The molecule has 5 N–H and O–H groups in total. The maximum atomic E-state index is 12.9. The summed E-state index contributed by atoms with van der Waals surface area (Å²) in [6.45, 7) is 2.36. The third-order valence-corrected chi connectivity index (χ3v) is 5.72. The molecule has 10 nitrogen and oxygen atoms in total. The van der Waals surface area contributed by atoms with Gasteiger partial charge in [-0.2, -0.15) is 0 Å². The molecule has 2 aromatic rings. The Bertz CT molecular complexity index is 1030. The second-order valence-corrected chi connectivity index (χ2v) is 8.28. The number of cyclic esters (lactones) is 1. The molecule has 0 aromatic heterocycles. The highest BCUT2D eigenvalue weighted by Gasteiger charge is 2.27. The SMILES string of the molecule is CCCC(N)c1ccc(NC(=O)C(O)CC(=O)N(CCO)c2cccc(N3CCOC3=O)c2)cc1. The Hall–Kier alpha value is -3.47. The standard InChI is InChI=1S/C25H32N4O6/c1-2-4-21(26)17-7-9-18(10-8-17)27-24(33)22(31)16-23(32)28(11-13-30)19-5-3-6-20(15-19)29-12-14-35-25(29)34/h3,5-10,15,21-22,30-31H,2,4,11-14,16,26H2,1H3,(H,27,33). The maximum absolute atomic E-state index is 12.9. The number of anilines is 3. The van der Waals surface area contributed by atoms with Gasteiger partial charge in [0.2, 0.25) is 5.91 Å². The maximum Gasteiger partial charge on any atom is 0.414 e. The molecule has 1 fully saturated rings. The van der Waals surface area contributed by atoms with Crippen LogP contribution < -0.4 is 20.9 Å². The molecule has 1 heterocycles. The molecule has 0 spiro atoms. The molecule has 0 bridgehead atoms. The fourth-order valence-electron chi connectivity index (χ4n) is 3.84. The van der Waals surface area contributed by atoms with Gasteiger partial charge in [0, 0.05) is 29.6 Å². The first-order valence-electron chi connectivity index (χ1n) is 11.6. The first kappa shape index (κ1) is 26.1. The second kappa shape index (κ2) is 12.3. The number of benzene rings is 2. The van der Waals surface area contributed by atoms with Crippen molar-refractivity contribution in [2.24, 2.45) is 5.73 Å². The van der Waals surface area contributed by atoms with E-state index in [4.69, 9.17) is 10.5 Å². The predicted molar refractivity (Wildman–Crippen MR) is 132 cm³/mol. The van der Waals surface area contributed by atoms with E-state index in [0.29, 0.717) is 23.6 Å². The Balaban J connectivity index is 1.64. The van der Waals surface area contributed by atoms with Crippen molar-refractivity contribution in [2.75, 3.05) is 41.4 Å². The van der Waals surface area contributed by atoms with Gasteiger partial charge in [-0.15, -0.1) is 0 Å². The number of hydrogen-bond acceptors (Lipinski definition) is 7. The minimum absolute atomic E-state index is 0.0411. The predicted octanol–water partition coefficient (Wildman–Crippen LogP) is 2.16. The van der Waals surface area contributed by atoms with Crippen molar-refractivity contribution in [2.45, 2.75) is 38.3 Å². The van der Waals surface area contributed by atoms with Crippen LogP contribution in [-0.4, -0.2) is 60.5 Å². The van der Waals surface area contributed by atoms with Gasteiger partial charge in [-0.1, -0.05) is 31.5 Å². The van der Waals surface area contributed by atoms with E-state index < -0.39 is 30.4 Å². The molecule has 0 saturated carbocycles. The summed E-state index contributed by atoms with van der Waals surface area (Å²) < 4.78 is 4.95. The second-order valence-electron chi connectivity index (χ2n) is 8.28. The summed E-state index contributed by atoms with van der Waals surface area (Å²) in [4.78, 5) is 40.0. The third kappa shape index (κ3) is 6.78. The summed E-state index contributed by atoms with van der Waals surface area (Å²) in [5, 5.41) is 22.4. The molecule has 2 aromatic carbocycles. The van der Waals surface area contributed by atoms with E-state index in [1.807, 2.05) is 12.1 Å². The lowest BCUT2D eigenvalue weighted by Gasteiger charge is -2.24. The van der Waals surface area contributed by atoms with Gasteiger partial charge in [0.15, 0.2) is 0 Å². The number of hydrogen-bond donors (Lipinski definition) is 4. The van der Waals surface area contributed by atoms with E-state index in [0.717, 1.165) is 18.4 Å². The molecule has 1 saturated heterocycles. The van der Waals surface area contributed by atoms with Crippen LogP contribution in [0.2, 0.25) is 0 Å². The van der Waals surface area contributed by atoms with Crippen LogP contribution in [0.5, 0.6) is 0 Å². The van der Waals surface area contributed by atoms with E-state index in [2.05, 4.69) is 12.2 Å². The first-order valence-corrected chi connectivity index (χ1v) is 11.6. The monoisotopic (exact) mass is 484 g/mol. The van der Waals surface area contributed by atoms with Gasteiger partial charge < -0.3 is 30.9 Å². The molecule has 1 aliphatic rings. The van der Waals surface area contributed by atoms with E-state index in [-0.39, 0.29) is 25.8 Å². The number of carbonyl (C=O) groups is 3. The van der Waals surface area contributed by atoms with Crippen LogP contribution in [0.25, 0.3) is 0 Å². The molecule has 0 aliphatic carbocycles. The van der Waals surface area contributed by atoms with Gasteiger partial charge in [-0.25, -0.2) is 4.79 Å². The number of nitrogens with one attached hydrogen (secondary N) is 1. The molecule has 35 heavy (non-hydrogen) atoms. The third-order valence-electron chi connectivity index (χ3n) is 5.72. The van der Waals surface area contributed by atoms with Crippen LogP contribution in [0, 0.1) is 0 Å². The van der Waals surface area contributed by atoms with Crippen LogP contribution in [0.3, 0.4) is 0 Å². The summed E-state index contributed by atoms with van der Waals surface area (Å²) in [5.74, 6) is -1.27. The minimum Gasteiger partial charge on any atom is -0.447 e. The number of ether oxygens (including phenoxy) is 1. The zero-order chi connectivity index (χ0) is 25.4. The van der Waals surface area contributed by atoms with Gasteiger partial charge in [0.05, 0.1) is 19.6 Å². The highest BCUT2D eigenvalue weighted by atomic mass is 16.6. The summed E-state index contributed by atoms with van der Waals surface area (Å²) >= 11 is 0. The topological polar surface area (TPSA) is 145 Å². The molecule has 3 rings (SSSR count). The molecule has 188 valence electrons. The smallest absolute Gasteiger partial charge is 0.414 e. The highest BCUT2D eigenvalue weighted by Crippen LogP contribution is 2.25. The fraction of sp³-hybridized carbons (Fsp3) is 0.400. The van der Waals surface area contributed by atoms with Gasteiger partial charge >= 0.3 is 6.09 Å². The van der Waals surface area contributed by atoms with E-state index in [9.17, 15) is 24.6 Å². The lowest BCUT2D eigenvalue weighted by atomic mass is 10.0. The summed E-state index contributed by atoms with van der Waals surface area (Å²) in [7, 11) is 0. The van der Waals surface area contributed by atoms with Gasteiger partial charge in [0.1, 0.15) is 12.7 Å². The van der Waals surface area contributed by atoms with E-state index in [1.165, 1.54) is 9.80 Å².